The van der Waals surface area contributed by atoms with Crippen LogP contribution in [0.25, 0.3) is 0 Å². The number of rotatable bonds is 6. The highest BCUT2D eigenvalue weighted by molar-refractivity contribution is 6.67. The quantitative estimate of drug-likeness (QED) is 0.0780. The number of phenolic OH excluding ortho intramolecular Hbond substituents is 1. The van der Waals surface area contributed by atoms with Crippen LogP contribution in [0, 0.1) is 13.8 Å². The van der Waals surface area contributed by atoms with Gasteiger partial charge in [-0.15, -0.1) is 0 Å². The molecule has 0 spiro atoms. The fraction of sp³-hybridized carbons (Fsp3) is 0.267. The lowest BCUT2D eigenvalue weighted by molar-refractivity contribution is 0.0732. The standard InChI is InChI=1S/C26H27NO3.C12H19NO.C7H5ClO/c1-18-16-21(26(2,3)4)17-22(27(5)24(28)19-12-8-6-9-13-19)23(18)30-25(29)20-14-10-7-11-15-20;1-8-6-9(12(2,3)4)7-10(13-5)11(8)14;8-7(9)6-4-2-1-3-5-6/h6-17H,1-5H3;6-7,13-14H,1-5H3;1-5H. The molecule has 5 aromatic carbocycles. The second-order valence-electron chi connectivity index (χ2n) is 14.7. The van der Waals surface area contributed by atoms with E-state index < -0.39 is 11.2 Å². The van der Waals surface area contributed by atoms with Gasteiger partial charge in [0.15, 0.2) is 5.75 Å². The number of carbonyl (C=O) groups excluding carboxylic acids is 3. The van der Waals surface area contributed by atoms with Gasteiger partial charge in [0, 0.05) is 25.2 Å². The van der Waals surface area contributed by atoms with E-state index in [4.69, 9.17) is 16.3 Å². The molecule has 0 bridgehead atoms. The molecule has 278 valence electrons. The van der Waals surface area contributed by atoms with Crippen molar-refractivity contribution in [3.63, 3.8) is 0 Å². The number of benzene rings is 5. The van der Waals surface area contributed by atoms with Gasteiger partial charge in [0.05, 0.1) is 16.9 Å². The van der Waals surface area contributed by atoms with Crippen molar-refractivity contribution in [2.45, 2.75) is 66.2 Å². The number of hydrogen-bond acceptors (Lipinski definition) is 6. The van der Waals surface area contributed by atoms with Crippen LogP contribution in [0.1, 0.15) is 94.9 Å². The van der Waals surface area contributed by atoms with Crippen molar-refractivity contribution in [2.75, 3.05) is 24.3 Å². The average molecular weight is 735 g/mol. The lowest BCUT2D eigenvalue weighted by Gasteiger charge is -2.26. The first-order valence-corrected chi connectivity index (χ1v) is 17.7. The van der Waals surface area contributed by atoms with Gasteiger partial charge in [-0.25, -0.2) is 4.79 Å². The van der Waals surface area contributed by atoms with E-state index in [1.807, 2.05) is 75.5 Å². The minimum atomic E-state index is -0.455. The molecule has 53 heavy (non-hydrogen) atoms. The molecule has 7 nitrogen and oxygen atoms in total. The number of anilines is 2. The predicted octanol–water partition coefficient (Wildman–Crippen LogP) is 10.9. The number of aryl methyl sites for hydroxylation is 2. The van der Waals surface area contributed by atoms with Crippen molar-refractivity contribution in [1.29, 1.82) is 0 Å². The number of esters is 1. The van der Waals surface area contributed by atoms with E-state index in [1.165, 1.54) is 5.56 Å². The third kappa shape index (κ3) is 11.8. The first-order chi connectivity index (χ1) is 24.8. The summed E-state index contributed by atoms with van der Waals surface area (Å²) in [5.74, 6) is 0.117. The Morgan fingerprint density at radius 1 is 0.660 bits per heavy atom. The van der Waals surface area contributed by atoms with E-state index in [-0.39, 0.29) is 16.7 Å². The lowest BCUT2D eigenvalue weighted by atomic mass is 9.85. The van der Waals surface area contributed by atoms with Gasteiger partial charge in [0.2, 0.25) is 0 Å². The number of nitrogens with one attached hydrogen (secondary N) is 1. The topological polar surface area (TPSA) is 95.9 Å². The second-order valence-corrected chi connectivity index (χ2v) is 15.0. The minimum absolute atomic E-state index is 0.115. The maximum absolute atomic E-state index is 13.1. The highest BCUT2D eigenvalue weighted by atomic mass is 35.5. The van der Waals surface area contributed by atoms with Crippen LogP contribution >= 0.6 is 11.6 Å². The first kappa shape index (κ1) is 42.0. The van der Waals surface area contributed by atoms with Gasteiger partial charge in [-0.1, -0.05) is 120 Å². The van der Waals surface area contributed by atoms with E-state index >= 15 is 0 Å². The molecule has 0 unspecified atom stereocenters. The molecular formula is C45H51ClN2O5. The van der Waals surface area contributed by atoms with Crippen LogP contribution in [-0.2, 0) is 10.8 Å². The summed E-state index contributed by atoms with van der Waals surface area (Å²) in [5.41, 5.74) is 6.93. The molecule has 5 aromatic rings. The van der Waals surface area contributed by atoms with Crippen LogP contribution in [-0.4, -0.2) is 36.3 Å². The van der Waals surface area contributed by atoms with Crippen molar-refractivity contribution in [3.05, 3.63) is 154 Å². The highest BCUT2D eigenvalue weighted by Gasteiger charge is 2.25. The highest BCUT2D eigenvalue weighted by Crippen LogP contribution is 2.38. The fourth-order valence-electron chi connectivity index (χ4n) is 5.15. The largest absolute Gasteiger partial charge is 0.506 e. The molecule has 0 aliphatic rings. The zero-order valence-corrected chi connectivity index (χ0v) is 33.1. The van der Waals surface area contributed by atoms with Gasteiger partial charge in [-0.05, 0) is 94.9 Å². The zero-order valence-electron chi connectivity index (χ0n) is 32.4. The lowest BCUT2D eigenvalue weighted by Crippen LogP contribution is -2.28. The van der Waals surface area contributed by atoms with Gasteiger partial charge in [-0.3, -0.25) is 9.59 Å². The van der Waals surface area contributed by atoms with E-state index in [0.717, 1.165) is 22.4 Å². The van der Waals surface area contributed by atoms with Gasteiger partial charge >= 0.3 is 5.97 Å². The van der Waals surface area contributed by atoms with Crippen LogP contribution in [0.15, 0.2) is 115 Å². The van der Waals surface area contributed by atoms with Crippen molar-refractivity contribution in [1.82, 2.24) is 0 Å². The van der Waals surface area contributed by atoms with Crippen molar-refractivity contribution >= 4 is 40.1 Å². The maximum Gasteiger partial charge on any atom is 0.343 e. The molecule has 5 rings (SSSR count). The van der Waals surface area contributed by atoms with Gasteiger partial charge in [-0.2, -0.15) is 0 Å². The molecule has 2 N–H and O–H groups in total. The number of aromatic hydroxyl groups is 1. The number of hydrogen-bond donors (Lipinski definition) is 2. The number of carbonyl (C=O) groups is 3. The summed E-state index contributed by atoms with van der Waals surface area (Å²) in [7, 11) is 3.53. The van der Waals surface area contributed by atoms with E-state index in [2.05, 4.69) is 46.9 Å². The molecule has 0 fully saturated rings. The van der Waals surface area contributed by atoms with Crippen LogP contribution in [0.5, 0.6) is 11.5 Å². The summed E-state index contributed by atoms with van der Waals surface area (Å²) in [6.07, 6.45) is 0. The fourth-order valence-corrected chi connectivity index (χ4v) is 5.28. The Morgan fingerprint density at radius 3 is 1.53 bits per heavy atom. The molecule has 0 atom stereocenters. The van der Waals surface area contributed by atoms with Crippen LogP contribution < -0.4 is 15.0 Å². The summed E-state index contributed by atoms with van der Waals surface area (Å²) in [4.78, 5) is 37.8. The Hall–Kier alpha value is -5.40. The minimum Gasteiger partial charge on any atom is -0.506 e. The smallest absolute Gasteiger partial charge is 0.343 e. The van der Waals surface area contributed by atoms with Gasteiger partial charge < -0.3 is 20.1 Å². The third-order valence-electron chi connectivity index (χ3n) is 8.45. The number of amides is 1. The second kappa shape index (κ2) is 18.4. The van der Waals surface area contributed by atoms with E-state index in [0.29, 0.717) is 33.9 Å². The van der Waals surface area contributed by atoms with Gasteiger partial charge in [0.25, 0.3) is 11.1 Å². The Balaban J connectivity index is 0.000000269. The maximum atomic E-state index is 13.1. The summed E-state index contributed by atoms with van der Waals surface area (Å²) >= 11 is 5.16. The summed E-state index contributed by atoms with van der Waals surface area (Å²) < 4.78 is 5.80. The SMILES string of the molecule is CNc1cc(C(C)(C)C)cc(C)c1O.Cc1cc(C(C)(C)C)cc(N(C)C(=O)c2ccccc2)c1OC(=O)c1ccccc1.O=C(Cl)c1ccccc1. The predicted molar refractivity (Wildman–Crippen MR) is 218 cm³/mol. The normalized spacial score (nSPS) is 10.8. The van der Waals surface area contributed by atoms with Crippen LogP contribution in [0.3, 0.4) is 0 Å². The Labute approximate surface area is 319 Å². The number of phenols is 1. The summed E-state index contributed by atoms with van der Waals surface area (Å²) in [6, 6.07) is 34.6. The zero-order chi connectivity index (χ0) is 39.5. The Bertz CT molecular complexity index is 2000. The molecule has 0 heterocycles. The average Bonchev–Trinajstić information content (AvgIpc) is 3.13. The number of ether oxygens (including phenoxy) is 1. The van der Waals surface area contributed by atoms with Crippen molar-refractivity contribution < 1.29 is 24.2 Å². The molecular weight excluding hydrogens is 684 g/mol. The molecule has 0 aliphatic carbocycles. The van der Waals surface area contributed by atoms with E-state index in [9.17, 15) is 19.5 Å². The molecule has 0 saturated carbocycles. The molecule has 0 aromatic heterocycles. The summed E-state index contributed by atoms with van der Waals surface area (Å²) in [6.45, 7) is 16.6. The van der Waals surface area contributed by atoms with Crippen molar-refractivity contribution in [2.24, 2.45) is 0 Å². The molecule has 0 radical (unpaired) electrons. The van der Waals surface area contributed by atoms with Crippen molar-refractivity contribution in [3.8, 4) is 11.5 Å². The first-order valence-electron chi connectivity index (χ1n) is 17.4. The van der Waals surface area contributed by atoms with Crippen LogP contribution in [0.4, 0.5) is 11.4 Å². The van der Waals surface area contributed by atoms with Gasteiger partial charge in [0.1, 0.15) is 5.75 Å². The molecule has 0 saturated heterocycles. The number of halogens is 1. The Kier molecular flexibility index (Phi) is 14.6. The monoisotopic (exact) mass is 734 g/mol. The van der Waals surface area contributed by atoms with Crippen LogP contribution in [0.2, 0.25) is 0 Å². The van der Waals surface area contributed by atoms with E-state index in [1.54, 1.807) is 72.6 Å². The Morgan fingerprint density at radius 2 is 1.09 bits per heavy atom. The third-order valence-corrected chi connectivity index (χ3v) is 8.67. The molecule has 0 aliphatic heterocycles. The summed E-state index contributed by atoms with van der Waals surface area (Å²) in [5, 5.41) is 12.3. The molecule has 1 amide bonds. The number of nitrogens with zero attached hydrogens (tertiary/aromatic N) is 1. The molecule has 8 heteroatoms.